The van der Waals surface area contributed by atoms with E-state index in [0.717, 1.165) is 5.75 Å². The Morgan fingerprint density at radius 2 is 1.97 bits per heavy atom. The zero-order valence-electron chi connectivity index (χ0n) is 17.2. The van der Waals surface area contributed by atoms with Crippen molar-refractivity contribution in [2.75, 3.05) is 27.2 Å². The first-order valence-electron chi connectivity index (χ1n) is 9.92. The minimum atomic E-state index is -1.14. The molecule has 1 aromatic carbocycles. The summed E-state index contributed by atoms with van der Waals surface area (Å²) in [6, 6.07) is 9.38. The summed E-state index contributed by atoms with van der Waals surface area (Å²) in [6.07, 6.45) is -2.03. The van der Waals surface area contributed by atoms with Gasteiger partial charge in [-0.15, -0.1) is 5.10 Å². The van der Waals surface area contributed by atoms with Crippen LogP contribution in [0.3, 0.4) is 0 Å². The van der Waals surface area contributed by atoms with Gasteiger partial charge in [-0.2, -0.15) is 0 Å². The standard InChI is InChI=1S/C20H29N5O5/c1-24(2)9-8-21-18(26)10-16-19(27)20(28)17(30-16)12-25-11-14(22-23-25)13-29-15-6-4-3-5-7-15/h3-7,11,16-17,19-20,27-28H,8-10,12-13H2,1-2H3,(H,21,26)/t16-,17-,19+,20-/m1/s1. The fraction of sp³-hybridized carbons (Fsp3) is 0.550. The van der Waals surface area contributed by atoms with E-state index in [1.54, 1.807) is 6.20 Å². The molecule has 1 aromatic heterocycles. The van der Waals surface area contributed by atoms with Crippen molar-refractivity contribution in [3.8, 4) is 5.75 Å². The number of likely N-dealkylation sites (N-methyl/N-ethyl adjacent to an activating group) is 1. The van der Waals surface area contributed by atoms with Crippen LogP contribution in [0.2, 0.25) is 0 Å². The van der Waals surface area contributed by atoms with Crippen LogP contribution in [0.15, 0.2) is 36.5 Å². The summed E-state index contributed by atoms with van der Waals surface area (Å²) in [5, 5.41) is 31.4. The van der Waals surface area contributed by atoms with Gasteiger partial charge in [0.15, 0.2) is 0 Å². The molecule has 30 heavy (non-hydrogen) atoms. The zero-order valence-corrected chi connectivity index (χ0v) is 17.2. The lowest BCUT2D eigenvalue weighted by atomic mass is 10.1. The number of aromatic nitrogens is 3. The summed E-state index contributed by atoms with van der Waals surface area (Å²) in [5.41, 5.74) is 0.628. The van der Waals surface area contributed by atoms with Gasteiger partial charge in [0.05, 0.1) is 25.3 Å². The molecule has 10 heteroatoms. The number of aliphatic hydroxyl groups excluding tert-OH is 2. The highest BCUT2D eigenvalue weighted by Crippen LogP contribution is 2.24. The molecule has 2 heterocycles. The van der Waals surface area contributed by atoms with Crippen LogP contribution in [0.4, 0.5) is 0 Å². The van der Waals surface area contributed by atoms with Gasteiger partial charge in [-0.3, -0.25) is 4.79 Å². The number of aliphatic hydroxyl groups is 2. The molecule has 3 rings (SSSR count). The predicted octanol–water partition coefficient (Wildman–Crippen LogP) is -0.586. The van der Waals surface area contributed by atoms with Crippen molar-refractivity contribution < 1.29 is 24.5 Å². The number of rotatable bonds is 10. The number of hydrogen-bond donors (Lipinski definition) is 3. The number of benzene rings is 1. The second kappa shape index (κ2) is 10.5. The van der Waals surface area contributed by atoms with Gasteiger partial charge >= 0.3 is 0 Å². The van der Waals surface area contributed by atoms with Crippen molar-refractivity contribution >= 4 is 5.91 Å². The van der Waals surface area contributed by atoms with Gasteiger partial charge in [0.2, 0.25) is 5.91 Å². The molecule has 164 valence electrons. The van der Waals surface area contributed by atoms with Crippen molar-refractivity contribution in [3.05, 3.63) is 42.2 Å². The van der Waals surface area contributed by atoms with Crippen LogP contribution in [0.1, 0.15) is 12.1 Å². The summed E-state index contributed by atoms with van der Waals surface area (Å²) in [5.74, 6) is 0.506. The number of carbonyl (C=O) groups is 1. The molecule has 0 radical (unpaired) electrons. The summed E-state index contributed by atoms with van der Waals surface area (Å²) >= 11 is 0. The van der Waals surface area contributed by atoms with Crippen molar-refractivity contribution in [2.45, 2.75) is 44.0 Å². The maximum Gasteiger partial charge on any atom is 0.222 e. The van der Waals surface area contributed by atoms with E-state index in [4.69, 9.17) is 9.47 Å². The molecule has 0 saturated carbocycles. The second-order valence-corrected chi connectivity index (χ2v) is 7.59. The summed E-state index contributed by atoms with van der Waals surface area (Å²) in [4.78, 5) is 14.0. The van der Waals surface area contributed by atoms with E-state index in [1.165, 1.54) is 4.68 Å². The highest BCUT2D eigenvalue weighted by Gasteiger charge is 2.43. The molecule has 1 fully saturated rings. The van der Waals surface area contributed by atoms with Crippen LogP contribution in [0.5, 0.6) is 5.75 Å². The number of hydrogen-bond acceptors (Lipinski definition) is 8. The third-order valence-electron chi connectivity index (χ3n) is 4.81. The first-order valence-corrected chi connectivity index (χ1v) is 9.92. The zero-order chi connectivity index (χ0) is 21.5. The minimum absolute atomic E-state index is 0.0182. The van der Waals surface area contributed by atoms with Gasteiger partial charge in [0.1, 0.15) is 36.4 Å². The number of ether oxygens (including phenoxy) is 2. The van der Waals surface area contributed by atoms with Gasteiger partial charge in [-0.25, -0.2) is 4.68 Å². The summed E-state index contributed by atoms with van der Waals surface area (Å²) < 4.78 is 12.9. The van der Waals surface area contributed by atoms with Crippen molar-refractivity contribution in [2.24, 2.45) is 0 Å². The first kappa shape index (κ1) is 22.2. The second-order valence-electron chi connectivity index (χ2n) is 7.59. The third kappa shape index (κ3) is 6.23. The van der Waals surface area contributed by atoms with Crippen LogP contribution < -0.4 is 10.1 Å². The molecule has 3 N–H and O–H groups in total. The Morgan fingerprint density at radius 1 is 1.23 bits per heavy atom. The highest BCUT2D eigenvalue weighted by molar-refractivity contribution is 5.76. The monoisotopic (exact) mass is 419 g/mol. The Bertz CT molecular complexity index is 800. The third-order valence-corrected chi connectivity index (χ3v) is 4.81. The van der Waals surface area contributed by atoms with E-state index in [0.29, 0.717) is 18.8 Å². The highest BCUT2D eigenvalue weighted by atomic mass is 16.5. The normalized spacial score (nSPS) is 23.6. The molecular formula is C20H29N5O5. The molecular weight excluding hydrogens is 390 g/mol. The van der Waals surface area contributed by atoms with Crippen LogP contribution in [-0.4, -0.2) is 87.6 Å². The quantitative estimate of drug-likeness (QED) is 0.467. The number of amides is 1. The smallest absolute Gasteiger partial charge is 0.222 e. The molecule has 2 aromatic rings. The lowest BCUT2D eigenvalue weighted by Crippen LogP contribution is -2.37. The molecule has 1 saturated heterocycles. The average molecular weight is 419 g/mol. The molecule has 10 nitrogen and oxygen atoms in total. The number of carbonyl (C=O) groups excluding carboxylic acids is 1. The van der Waals surface area contributed by atoms with Crippen molar-refractivity contribution in [1.29, 1.82) is 0 Å². The molecule has 0 aliphatic carbocycles. The molecule has 0 bridgehead atoms. The van der Waals surface area contributed by atoms with E-state index in [-0.39, 0.29) is 25.5 Å². The topological polar surface area (TPSA) is 122 Å². The van der Waals surface area contributed by atoms with Crippen molar-refractivity contribution in [3.63, 3.8) is 0 Å². The molecule has 0 unspecified atom stereocenters. The Kier molecular flexibility index (Phi) is 7.75. The fourth-order valence-corrected chi connectivity index (χ4v) is 3.17. The van der Waals surface area contributed by atoms with Gasteiger partial charge in [-0.1, -0.05) is 23.4 Å². The first-order chi connectivity index (χ1) is 14.4. The predicted molar refractivity (Wildman–Crippen MR) is 108 cm³/mol. The molecule has 4 atom stereocenters. The lowest BCUT2D eigenvalue weighted by Gasteiger charge is -2.15. The van der Waals surface area contributed by atoms with E-state index in [2.05, 4.69) is 15.6 Å². The van der Waals surface area contributed by atoms with Crippen LogP contribution in [-0.2, 0) is 22.7 Å². The largest absolute Gasteiger partial charge is 0.487 e. The Hall–Kier alpha value is -2.53. The van der Waals surface area contributed by atoms with Crippen molar-refractivity contribution in [1.82, 2.24) is 25.2 Å². The van der Waals surface area contributed by atoms with Crippen LogP contribution in [0, 0.1) is 0 Å². The Morgan fingerprint density at radius 3 is 2.70 bits per heavy atom. The fourth-order valence-electron chi connectivity index (χ4n) is 3.17. The van der Waals surface area contributed by atoms with Crippen LogP contribution in [0.25, 0.3) is 0 Å². The molecule has 1 aliphatic rings. The lowest BCUT2D eigenvalue weighted by molar-refractivity contribution is -0.125. The van der Waals surface area contributed by atoms with E-state index >= 15 is 0 Å². The van der Waals surface area contributed by atoms with Gasteiger partial charge in [0.25, 0.3) is 0 Å². The van der Waals surface area contributed by atoms with E-state index in [1.807, 2.05) is 49.3 Å². The Labute approximate surface area is 175 Å². The molecule has 1 amide bonds. The number of para-hydroxylation sites is 1. The number of nitrogens with zero attached hydrogens (tertiary/aromatic N) is 4. The molecule has 0 spiro atoms. The SMILES string of the molecule is CN(C)CCNC(=O)C[C@H]1O[C@H](Cn2cc(COc3ccccc3)nn2)[C@@H](O)[C@H]1O. The average Bonchev–Trinajstić information content (AvgIpc) is 3.27. The maximum absolute atomic E-state index is 12.0. The maximum atomic E-state index is 12.0. The summed E-state index contributed by atoms with van der Waals surface area (Å²) in [7, 11) is 3.83. The van der Waals surface area contributed by atoms with Crippen LogP contribution >= 0.6 is 0 Å². The van der Waals surface area contributed by atoms with Gasteiger partial charge in [-0.05, 0) is 26.2 Å². The van der Waals surface area contributed by atoms with E-state index in [9.17, 15) is 15.0 Å². The van der Waals surface area contributed by atoms with E-state index < -0.39 is 24.4 Å². The Balaban J connectivity index is 1.47. The minimum Gasteiger partial charge on any atom is -0.487 e. The number of nitrogens with one attached hydrogen (secondary N) is 1. The van der Waals surface area contributed by atoms with Gasteiger partial charge in [0, 0.05) is 13.1 Å². The summed E-state index contributed by atoms with van der Waals surface area (Å²) in [6.45, 7) is 1.69. The molecule has 1 aliphatic heterocycles. The van der Waals surface area contributed by atoms with Gasteiger partial charge < -0.3 is 29.9 Å².